The summed E-state index contributed by atoms with van der Waals surface area (Å²) in [6.07, 6.45) is 1.36. The van der Waals surface area contributed by atoms with Crippen molar-refractivity contribution in [3.8, 4) is 0 Å². The standard InChI is InChI=1S/C6H4N2O3.Ag/c9-3-4(6(10)11)5-1-2-7-8-5;/h1-2H,(H,7,8)(H,10,11);. The van der Waals surface area contributed by atoms with Crippen LogP contribution in [-0.2, 0) is 32.0 Å². The van der Waals surface area contributed by atoms with Gasteiger partial charge in [0.15, 0.2) is 5.57 Å². The van der Waals surface area contributed by atoms with Gasteiger partial charge in [0.1, 0.15) is 5.94 Å². The van der Waals surface area contributed by atoms with Gasteiger partial charge in [-0.05, 0) is 6.07 Å². The summed E-state index contributed by atoms with van der Waals surface area (Å²) in [6.45, 7) is 0. The van der Waals surface area contributed by atoms with Crippen molar-refractivity contribution < 1.29 is 37.1 Å². The molecule has 1 rings (SSSR count). The number of nitrogens with one attached hydrogen (secondary N) is 1. The number of aliphatic carboxylic acids is 1. The Morgan fingerprint density at radius 3 is 2.67 bits per heavy atom. The van der Waals surface area contributed by atoms with Crippen molar-refractivity contribution in [2.45, 2.75) is 0 Å². The van der Waals surface area contributed by atoms with E-state index in [2.05, 4.69) is 10.2 Å². The summed E-state index contributed by atoms with van der Waals surface area (Å²) in [6, 6.07) is 1.38. The van der Waals surface area contributed by atoms with Crippen LogP contribution in [0.2, 0.25) is 0 Å². The molecule has 1 heterocycles. The maximum atomic E-state index is 10.3. The van der Waals surface area contributed by atoms with Crippen LogP contribution in [0.15, 0.2) is 12.3 Å². The topological polar surface area (TPSA) is 83.1 Å². The average molecular weight is 260 g/mol. The van der Waals surface area contributed by atoms with Crippen LogP contribution in [0.1, 0.15) is 5.69 Å². The molecule has 0 atom stereocenters. The minimum Gasteiger partial charge on any atom is -0.477 e. The molecule has 12 heavy (non-hydrogen) atoms. The fourth-order valence-corrected chi connectivity index (χ4v) is 0.609. The minimum absolute atomic E-state index is 0. The van der Waals surface area contributed by atoms with E-state index < -0.39 is 11.5 Å². The zero-order valence-electron chi connectivity index (χ0n) is 5.67. The van der Waals surface area contributed by atoms with E-state index in [0.717, 1.165) is 0 Å². The van der Waals surface area contributed by atoms with Crippen LogP contribution in [-0.4, -0.2) is 27.2 Å². The van der Waals surface area contributed by atoms with Crippen LogP contribution < -0.4 is 0 Å². The second kappa shape index (κ2) is 4.69. The molecule has 67 valence electrons. The van der Waals surface area contributed by atoms with Crippen molar-refractivity contribution in [3.63, 3.8) is 0 Å². The van der Waals surface area contributed by atoms with E-state index in [1.165, 1.54) is 18.2 Å². The van der Waals surface area contributed by atoms with Crippen molar-refractivity contribution >= 4 is 17.5 Å². The van der Waals surface area contributed by atoms with Crippen LogP contribution >= 0.6 is 0 Å². The number of carboxylic acids is 1. The van der Waals surface area contributed by atoms with Gasteiger partial charge in [0.25, 0.3) is 0 Å². The predicted molar refractivity (Wildman–Crippen MR) is 35.3 cm³/mol. The van der Waals surface area contributed by atoms with E-state index in [0.29, 0.717) is 0 Å². The summed E-state index contributed by atoms with van der Waals surface area (Å²) >= 11 is 0. The Bertz CT molecular complexity index is 314. The van der Waals surface area contributed by atoms with Crippen LogP contribution in [0.3, 0.4) is 0 Å². The number of aromatic amines is 1. The number of carbonyl (C=O) groups excluding carboxylic acids is 1. The Labute approximate surface area is 83.0 Å². The smallest absolute Gasteiger partial charge is 0.349 e. The molecule has 0 aromatic carbocycles. The number of carboxylic acid groups (broad SMARTS) is 1. The summed E-state index contributed by atoms with van der Waals surface area (Å²) in [5, 5.41) is 14.2. The van der Waals surface area contributed by atoms with E-state index in [1.807, 2.05) is 0 Å². The number of nitrogens with zero attached hydrogens (tertiary/aromatic N) is 1. The van der Waals surface area contributed by atoms with E-state index in [9.17, 15) is 9.59 Å². The number of aromatic nitrogens is 2. The third kappa shape index (κ3) is 2.18. The van der Waals surface area contributed by atoms with Gasteiger partial charge in [0.2, 0.25) is 0 Å². The fourth-order valence-electron chi connectivity index (χ4n) is 0.609. The maximum absolute atomic E-state index is 10.3. The number of H-pyrrole nitrogens is 1. The molecule has 0 aliphatic heterocycles. The third-order valence-corrected chi connectivity index (χ3v) is 1.09. The first-order chi connectivity index (χ1) is 5.25. The van der Waals surface area contributed by atoms with Crippen molar-refractivity contribution in [1.82, 2.24) is 10.2 Å². The van der Waals surface area contributed by atoms with Crippen LogP contribution in [0, 0.1) is 0 Å². The predicted octanol–water partition coefficient (Wildman–Crippen LogP) is -0.293. The number of hydrogen-bond donors (Lipinski definition) is 2. The second-order valence-corrected chi connectivity index (χ2v) is 1.75. The summed E-state index contributed by atoms with van der Waals surface area (Å²) in [5.74, 6) is -0.0157. The fraction of sp³-hybridized carbons (Fsp3) is 0. The van der Waals surface area contributed by atoms with E-state index in [4.69, 9.17) is 5.11 Å². The van der Waals surface area contributed by atoms with Gasteiger partial charge in [0, 0.05) is 28.6 Å². The van der Waals surface area contributed by atoms with Crippen molar-refractivity contribution in [3.05, 3.63) is 18.0 Å². The van der Waals surface area contributed by atoms with Gasteiger partial charge in [-0.1, -0.05) is 0 Å². The normalized spacial score (nSPS) is 8.00. The summed E-state index contributed by atoms with van der Waals surface area (Å²) < 4.78 is 0. The molecular weight excluding hydrogens is 256 g/mol. The molecule has 0 aliphatic carbocycles. The molecule has 5 nitrogen and oxygen atoms in total. The maximum Gasteiger partial charge on any atom is 0.349 e. The molecule has 0 unspecified atom stereocenters. The molecule has 0 saturated carbocycles. The monoisotopic (exact) mass is 259 g/mol. The van der Waals surface area contributed by atoms with Gasteiger partial charge < -0.3 is 5.11 Å². The summed E-state index contributed by atoms with van der Waals surface area (Å²) in [7, 11) is 0. The van der Waals surface area contributed by atoms with E-state index in [1.54, 1.807) is 0 Å². The second-order valence-electron chi connectivity index (χ2n) is 1.75. The average Bonchev–Trinajstić information content (AvgIpc) is 2.40. The zero-order valence-corrected chi connectivity index (χ0v) is 7.15. The molecule has 0 amide bonds. The largest absolute Gasteiger partial charge is 0.477 e. The Balaban J connectivity index is 0.00000121. The first-order valence-electron chi connectivity index (χ1n) is 2.74. The third-order valence-electron chi connectivity index (χ3n) is 1.09. The van der Waals surface area contributed by atoms with Crippen LogP contribution in [0.4, 0.5) is 0 Å². The Kier molecular flexibility index (Phi) is 4.25. The van der Waals surface area contributed by atoms with Crippen molar-refractivity contribution in [1.29, 1.82) is 0 Å². The van der Waals surface area contributed by atoms with Crippen molar-refractivity contribution in [2.75, 3.05) is 0 Å². The first kappa shape index (κ1) is 10.9. The van der Waals surface area contributed by atoms with E-state index in [-0.39, 0.29) is 28.1 Å². The Hall–Kier alpha value is -1.13. The van der Waals surface area contributed by atoms with Gasteiger partial charge in [0.05, 0.1) is 5.69 Å². The molecule has 0 aliphatic rings. The van der Waals surface area contributed by atoms with Gasteiger partial charge >= 0.3 is 5.97 Å². The first-order valence-corrected chi connectivity index (χ1v) is 2.74. The van der Waals surface area contributed by atoms with Gasteiger partial charge in [-0.15, -0.1) is 0 Å². The molecule has 1 aromatic heterocycles. The zero-order chi connectivity index (χ0) is 8.27. The summed E-state index contributed by atoms with van der Waals surface area (Å²) in [5.41, 5.74) is -0.282. The minimum atomic E-state index is -1.32. The Morgan fingerprint density at radius 1 is 1.67 bits per heavy atom. The molecular formula is C6H4AgN2O3. The summed E-state index contributed by atoms with van der Waals surface area (Å²) in [4.78, 5) is 20.3. The van der Waals surface area contributed by atoms with Crippen LogP contribution in [0.5, 0.6) is 0 Å². The number of carbonyl (C=O) groups is 1. The number of rotatable bonds is 2. The van der Waals surface area contributed by atoms with Crippen molar-refractivity contribution in [2.24, 2.45) is 0 Å². The quantitative estimate of drug-likeness (QED) is 0.434. The molecule has 0 saturated heterocycles. The van der Waals surface area contributed by atoms with Gasteiger partial charge in [-0.2, -0.15) is 5.10 Å². The molecule has 2 N–H and O–H groups in total. The Morgan fingerprint density at radius 2 is 2.33 bits per heavy atom. The van der Waals surface area contributed by atoms with Gasteiger partial charge in [-0.25, -0.2) is 9.59 Å². The number of hydrogen-bond acceptors (Lipinski definition) is 3. The molecule has 0 spiro atoms. The van der Waals surface area contributed by atoms with Crippen LogP contribution in [0.25, 0.3) is 5.57 Å². The van der Waals surface area contributed by atoms with Gasteiger partial charge in [-0.3, -0.25) is 5.10 Å². The molecule has 6 heteroatoms. The molecule has 1 radical (unpaired) electrons. The SMILES string of the molecule is O=C=C(C(=O)O)c1ccn[nH]1.[Ag]. The molecule has 0 fully saturated rings. The van der Waals surface area contributed by atoms with E-state index >= 15 is 0 Å². The molecule has 0 bridgehead atoms. The molecule has 1 aromatic rings.